The van der Waals surface area contributed by atoms with E-state index in [-0.39, 0.29) is 24.0 Å². The van der Waals surface area contributed by atoms with Crippen molar-refractivity contribution < 1.29 is 23.1 Å². The van der Waals surface area contributed by atoms with Crippen molar-refractivity contribution in [3.05, 3.63) is 70.8 Å². The van der Waals surface area contributed by atoms with E-state index in [9.17, 15) is 18.3 Å². The summed E-state index contributed by atoms with van der Waals surface area (Å²) < 4.78 is 36.7. The number of fused-ring (bicyclic) bond motifs is 1. The van der Waals surface area contributed by atoms with Crippen LogP contribution in [0, 0.1) is 18.3 Å². The lowest BCUT2D eigenvalue weighted by atomic mass is 9.81. The van der Waals surface area contributed by atoms with E-state index in [0.29, 0.717) is 29.9 Å². The van der Waals surface area contributed by atoms with E-state index in [1.54, 1.807) is 43.1 Å². The van der Waals surface area contributed by atoms with Crippen LogP contribution in [0.1, 0.15) is 68.3 Å². The third-order valence-corrected chi connectivity index (χ3v) is 9.07. The van der Waals surface area contributed by atoms with Crippen molar-refractivity contribution in [1.82, 2.24) is 24.3 Å². The van der Waals surface area contributed by atoms with Gasteiger partial charge in [-0.2, -0.15) is 4.31 Å². The maximum Gasteiger partial charge on any atom is 0.312 e. The Morgan fingerprint density at radius 3 is 2.77 bits per heavy atom. The lowest BCUT2D eigenvalue weighted by Gasteiger charge is -2.31. The summed E-state index contributed by atoms with van der Waals surface area (Å²) in [4.78, 5) is 16.9. The van der Waals surface area contributed by atoms with Crippen LogP contribution in [-0.2, 0) is 45.7 Å². The summed E-state index contributed by atoms with van der Waals surface area (Å²) in [5.74, 6) is -0.917. The molecule has 2 aromatic heterocycles. The molecule has 0 bridgehead atoms. The number of hydrogen-bond acceptors (Lipinski definition) is 7. The number of hydrogen-bond donors (Lipinski definition) is 1. The van der Waals surface area contributed by atoms with Crippen LogP contribution in [-0.4, -0.2) is 50.3 Å². The molecule has 0 saturated heterocycles. The van der Waals surface area contributed by atoms with Gasteiger partial charge < -0.3 is 9.84 Å². The molecule has 2 atom stereocenters. The van der Waals surface area contributed by atoms with Crippen molar-refractivity contribution in [1.29, 1.82) is 0 Å². The summed E-state index contributed by atoms with van der Waals surface area (Å²) in [5.41, 5.74) is 2.29. The van der Waals surface area contributed by atoms with E-state index in [1.807, 2.05) is 39.0 Å². The molecular weight excluding hydrogens is 518 g/mol. The number of aliphatic carboxylic acids is 1. The molecule has 210 valence electrons. The molecule has 1 aromatic carbocycles. The first-order chi connectivity index (χ1) is 18.4. The van der Waals surface area contributed by atoms with Crippen LogP contribution in [0.3, 0.4) is 0 Å². The largest absolute Gasteiger partial charge is 0.481 e. The molecule has 4 rings (SSSR count). The maximum absolute atomic E-state index is 13.6. The molecule has 3 aromatic rings. The van der Waals surface area contributed by atoms with Crippen molar-refractivity contribution in [3.8, 4) is 0 Å². The molecule has 0 spiro atoms. The number of sulfonamides is 1. The number of carboxylic acids is 1. The first-order valence-corrected chi connectivity index (χ1v) is 14.6. The fourth-order valence-corrected chi connectivity index (χ4v) is 6.62. The minimum absolute atomic E-state index is 0.0857. The van der Waals surface area contributed by atoms with Crippen LogP contribution in [0.2, 0.25) is 0 Å². The Labute approximate surface area is 230 Å². The van der Waals surface area contributed by atoms with Crippen molar-refractivity contribution in [2.45, 2.75) is 78.2 Å². The van der Waals surface area contributed by atoms with E-state index in [2.05, 4.69) is 15.3 Å². The topological polar surface area (TPSA) is 128 Å². The molecule has 39 heavy (non-hydrogen) atoms. The number of rotatable bonds is 10. The van der Waals surface area contributed by atoms with Gasteiger partial charge in [0.05, 0.1) is 30.0 Å². The predicted molar refractivity (Wildman–Crippen MR) is 145 cm³/mol. The first kappa shape index (κ1) is 28.8. The van der Waals surface area contributed by atoms with E-state index in [4.69, 9.17) is 4.74 Å². The van der Waals surface area contributed by atoms with E-state index in [1.165, 1.54) is 4.31 Å². The molecule has 0 unspecified atom stereocenters. The molecular formula is C28H37N5O5S. The fraction of sp³-hybridized carbons (Fsp3) is 0.500. The van der Waals surface area contributed by atoms with E-state index >= 15 is 0 Å². The van der Waals surface area contributed by atoms with Gasteiger partial charge in [-0.1, -0.05) is 37.3 Å². The second-order valence-electron chi connectivity index (χ2n) is 10.9. The Kier molecular flexibility index (Phi) is 8.53. The molecule has 3 heterocycles. The van der Waals surface area contributed by atoms with Crippen LogP contribution in [0.5, 0.6) is 0 Å². The fourth-order valence-electron chi connectivity index (χ4n) is 4.90. The van der Waals surface area contributed by atoms with Gasteiger partial charge in [-0.3, -0.25) is 14.5 Å². The third kappa shape index (κ3) is 6.21. The quantitative estimate of drug-likeness (QED) is 0.395. The molecule has 0 saturated carbocycles. The van der Waals surface area contributed by atoms with Gasteiger partial charge in [-0.25, -0.2) is 8.42 Å². The van der Waals surface area contributed by atoms with Gasteiger partial charge in [0, 0.05) is 25.8 Å². The van der Waals surface area contributed by atoms with Crippen LogP contribution < -0.4 is 0 Å². The maximum atomic E-state index is 13.6. The normalized spacial score (nSPS) is 18.3. The van der Waals surface area contributed by atoms with Gasteiger partial charge in [0.2, 0.25) is 10.0 Å². The summed E-state index contributed by atoms with van der Waals surface area (Å²) >= 11 is 0. The SMILES string of the molecule is CCCn1cc(CO[C@H](c2ccc(C)c(CN3C[C@@H](C)Cc4ncccc4S3(=O)=O)c2)C(C)(C)C(=O)O)nn1. The van der Waals surface area contributed by atoms with Crippen LogP contribution in [0.4, 0.5) is 0 Å². The Morgan fingerprint density at radius 2 is 2.05 bits per heavy atom. The Hall–Kier alpha value is -3.15. The summed E-state index contributed by atoms with van der Waals surface area (Å²) in [6.45, 7) is 10.6. The molecule has 11 heteroatoms. The number of benzene rings is 1. The highest BCUT2D eigenvalue weighted by Gasteiger charge is 2.40. The molecule has 0 aliphatic carbocycles. The highest BCUT2D eigenvalue weighted by atomic mass is 32.2. The predicted octanol–water partition coefficient (Wildman–Crippen LogP) is 4.14. The molecule has 0 amide bonds. The second-order valence-corrected chi connectivity index (χ2v) is 12.8. The number of nitrogens with zero attached hydrogens (tertiary/aromatic N) is 5. The third-order valence-electron chi connectivity index (χ3n) is 7.19. The molecule has 10 nitrogen and oxygen atoms in total. The number of aromatic nitrogens is 4. The van der Waals surface area contributed by atoms with Crippen molar-refractivity contribution in [2.75, 3.05) is 6.54 Å². The van der Waals surface area contributed by atoms with Crippen LogP contribution in [0.15, 0.2) is 47.6 Å². The van der Waals surface area contributed by atoms with Crippen molar-refractivity contribution in [2.24, 2.45) is 11.3 Å². The Bertz CT molecular complexity index is 1440. The Morgan fingerprint density at radius 1 is 1.28 bits per heavy atom. The van der Waals surface area contributed by atoms with Gasteiger partial charge in [0.1, 0.15) is 10.6 Å². The minimum Gasteiger partial charge on any atom is -0.481 e. The average Bonchev–Trinajstić information content (AvgIpc) is 3.29. The van der Waals surface area contributed by atoms with Crippen molar-refractivity contribution in [3.63, 3.8) is 0 Å². The Balaban J connectivity index is 1.65. The average molecular weight is 556 g/mol. The smallest absolute Gasteiger partial charge is 0.312 e. The van der Waals surface area contributed by atoms with Crippen molar-refractivity contribution >= 4 is 16.0 Å². The van der Waals surface area contributed by atoms with Gasteiger partial charge in [0.25, 0.3) is 0 Å². The molecule has 0 radical (unpaired) electrons. The monoisotopic (exact) mass is 555 g/mol. The summed E-state index contributed by atoms with van der Waals surface area (Å²) in [5, 5.41) is 18.3. The van der Waals surface area contributed by atoms with Crippen LogP contribution >= 0.6 is 0 Å². The zero-order valence-corrected chi connectivity index (χ0v) is 24.0. The highest BCUT2D eigenvalue weighted by Crippen LogP contribution is 2.39. The van der Waals surface area contributed by atoms with Crippen LogP contribution in [0.25, 0.3) is 0 Å². The summed E-state index contributed by atoms with van der Waals surface area (Å²) in [6.07, 6.45) is 4.11. The number of aryl methyl sites for hydroxylation is 2. The number of ether oxygens (including phenoxy) is 1. The zero-order valence-electron chi connectivity index (χ0n) is 23.2. The van der Waals surface area contributed by atoms with E-state index < -0.39 is 27.5 Å². The lowest BCUT2D eigenvalue weighted by molar-refractivity contribution is -0.158. The first-order valence-electron chi connectivity index (χ1n) is 13.2. The lowest BCUT2D eigenvalue weighted by Crippen LogP contribution is -2.34. The summed E-state index contributed by atoms with van der Waals surface area (Å²) in [7, 11) is -3.76. The molecule has 1 aliphatic heterocycles. The molecule has 1 N–H and O–H groups in total. The summed E-state index contributed by atoms with van der Waals surface area (Å²) in [6, 6.07) is 8.86. The van der Waals surface area contributed by atoms with Gasteiger partial charge in [0.15, 0.2) is 0 Å². The molecule has 0 fully saturated rings. The van der Waals surface area contributed by atoms with Gasteiger partial charge >= 0.3 is 5.97 Å². The zero-order chi connectivity index (χ0) is 28.4. The number of carbonyl (C=O) groups is 1. The highest BCUT2D eigenvalue weighted by molar-refractivity contribution is 7.89. The number of pyridine rings is 1. The standard InChI is InChI=1S/C28H37N5O5S/c1-6-12-32-17-23(30-31-32)18-38-26(28(4,5)27(34)35)21-10-9-20(3)22(14-21)16-33-15-19(2)13-24-25(39(33,36)37)8-7-11-29-24/h7-11,14,17,19,26H,6,12-13,15-16,18H2,1-5H3,(H,34,35)/t19-,26+/m0/s1. The van der Waals surface area contributed by atoms with Gasteiger partial charge in [-0.15, -0.1) is 5.10 Å². The second kappa shape index (κ2) is 11.5. The molecule has 1 aliphatic rings. The number of carboxylic acid groups (broad SMARTS) is 1. The van der Waals surface area contributed by atoms with Gasteiger partial charge in [-0.05, 0) is 68.4 Å². The minimum atomic E-state index is -3.76. The van der Waals surface area contributed by atoms with E-state index in [0.717, 1.165) is 24.1 Å².